The lowest BCUT2D eigenvalue weighted by atomic mass is 10.0. The highest BCUT2D eigenvalue weighted by Crippen LogP contribution is 2.27. The van der Waals surface area contributed by atoms with E-state index in [9.17, 15) is 0 Å². The summed E-state index contributed by atoms with van der Waals surface area (Å²) in [5.74, 6) is 1.79. The van der Waals surface area contributed by atoms with Crippen molar-refractivity contribution in [1.29, 1.82) is 0 Å². The summed E-state index contributed by atoms with van der Waals surface area (Å²) >= 11 is 1.71. The van der Waals surface area contributed by atoms with Crippen LogP contribution in [0.15, 0.2) is 29.4 Å². The van der Waals surface area contributed by atoms with Gasteiger partial charge in [0.2, 0.25) is 5.16 Å². The first-order chi connectivity index (χ1) is 11.3. The molecule has 0 amide bonds. The number of ether oxygens (including phenoxy) is 1. The summed E-state index contributed by atoms with van der Waals surface area (Å²) < 4.78 is 7.16. The third-order valence-electron chi connectivity index (χ3n) is 4.36. The normalized spacial score (nSPS) is 19.0. The largest absolute Gasteiger partial charge is 0.494 e. The molecule has 3 rings (SSSR count). The molecule has 1 aliphatic rings. The predicted molar refractivity (Wildman–Crippen MR) is 91.3 cm³/mol. The Morgan fingerprint density at radius 3 is 3.00 bits per heavy atom. The van der Waals surface area contributed by atoms with Crippen molar-refractivity contribution in [1.82, 2.24) is 25.1 Å². The van der Waals surface area contributed by atoms with Crippen LogP contribution in [0.1, 0.15) is 25.7 Å². The summed E-state index contributed by atoms with van der Waals surface area (Å²) in [6, 6.07) is 8.48. The van der Waals surface area contributed by atoms with E-state index in [1.807, 2.05) is 24.3 Å². The summed E-state index contributed by atoms with van der Waals surface area (Å²) in [7, 11) is 3.89. The Morgan fingerprint density at radius 1 is 1.30 bits per heavy atom. The second kappa shape index (κ2) is 7.79. The quantitative estimate of drug-likeness (QED) is 0.758. The van der Waals surface area contributed by atoms with Crippen molar-refractivity contribution >= 4 is 11.8 Å². The first kappa shape index (κ1) is 16.3. The maximum Gasteiger partial charge on any atom is 0.214 e. The number of tetrazole rings is 1. The summed E-state index contributed by atoms with van der Waals surface area (Å²) in [5, 5.41) is 12.9. The maximum atomic E-state index is 5.41. The molecule has 1 aromatic carbocycles. The standard InChI is InChI=1S/C16H23N5OS/c1-20-11-6-5-7-13(20)10-12-23-16-17-18-19-21(16)14-8-3-4-9-15(14)22-2/h3-4,8-9,13H,5-7,10-12H2,1-2H3. The third-order valence-corrected chi connectivity index (χ3v) is 5.31. The molecular formula is C16H23N5OS. The van der Waals surface area contributed by atoms with Gasteiger partial charge in [0.25, 0.3) is 0 Å². The van der Waals surface area contributed by atoms with Crippen LogP contribution in [0.3, 0.4) is 0 Å². The van der Waals surface area contributed by atoms with Gasteiger partial charge in [0.1, 0.15) is 11.4 Å². The number of nitrogens with zero attached hydrogens (tertiary/aromatic N) is 5. The van der Waals surface area contributed by atoms with Gasteiger partial charge in [-0.25, -0.2) is 0 Å². The van der Waals surface area contributed by atoms with Gasteiger partial charge in [0, 0.05) is 11.8 Å². The van der Waals surface area contributed by atoms with Gasteiger partial charge in [-0.1, -0.05) is 30.3 Å². The molecule has 1 aromatic heterocycles. The summed E-state index contributed by atoms with van der Waals surface area (Å²) in [6.45, 7) is 1.22. The molecule has 6 nitrogen and oxygen atoms in total. The van der Waals surface area contributed by atoms with Crippen LogP contribution in [0, 0.1) is 0 Å². The van der Waals surface area contributed by atoms with Gasteiger partial charge in [0.15, 0.2) is 0 Å². The lowest BCUT2D eigenvalue weighted by Gasteiger charge is -2.32. The van der Waals surface area contributed by atoms with E-state index in [1.54, 1.807) is 23.6 Å². The number of benzene rings is 1. The van der Waals surface area contributed by atoms with Crippen LogP contribution >= 0.6 is 11.8 Å². The zero-order chi connectivity index (χ0) is 16.1. The van der Waals surface area contributed by atoms with Gasteiger partial charge < -0.3 is 9.64 Å². The molecule has 23 heavy (non-hydrogen) atoms. The van der Waals surface area contributed by atoms with Crippen LogP contribution in [-0.2, 0) is 0 Å². The van der Waals surface area contributed by atoms with Crippen molar-refractivity contribution in [2.75, 3.05) is 26.5 Å². The van der Waals surface area contributed by atoms with E-state index in [0.29, 0.717) is 6.04 Å². The Balaban J connectivity index is 1.65. The molecule has 2 aromatic rings. The molecule has 124 valence electrons. The van der Waals surface area contributed by atoms with Crippen molar-refractivity contribution in [2.24, 2.45) is 0 Å². The molecule has 1 fully saturated rings. The van der Waals surface area contributed by atoms with E-state index in [1.165, 1.54) is 32.2 Å². The number of rotatable bonds is 6. The van der Waals surface area contributed by atoms with Crippen LogP contribution in [0.4, 0.5) is 0 Å². The van der Waals surface area contributed by atoms with Crippen molar-refractivity contribution in [3.63, 3.8) is 0 Å². The van der Waals surface area contributed by atoms with Gasteiger partial charge in [0.05, 0.1) is 7.11 Å². The minimum atomic E-state index is 0.687. The number of likely N-dealkylation sites (tertiary alicyclic amines) is 1. The molecule has 0 aliphatic carbocycles. The zero-order valence-electron chi connectivity index (χ0n) is 13.7. The van der Waals surface area contributed by atoms with Crippen molar-refractivity contribution < 1.29 is 4.74 Å². The van der Waals surface area contributed by atoms with Crippen LogP contribution in [0.2, 0.25) is 0 Å². The summed E-state index contributed by atoms with van der Waals surface area (Å²) in [5.41, 5.74) is 0.872. The van der Waals surface area contributed by atoms with E-state index in [0.717, 1.165) is 22.3 Å². The molecule has 0 N–H and O–H groups in total. The van der Waals surface area contributed by atoms with Gasteiger partial charge in [-0.05, 0) is 55.4 Å². The predicted octanol–water partition coefficient (Wildman–Crippen LogP) is 2.64. The lowest BCUT2D eigenvalue weighted by Crippen LogP contribution is -2.36. The number of aromatic nitrogens is 4. The van der Waals surface area contributed by atoms with E-state index in [-0.39, 0.29) is 0 Å². The Labute approximate surface area is 141 Å². The SMILES string of the molecule is COc1ccccc1-n1nnnc1SCCC1CCCCN1C. The smallest absolute Gasteiger partial charge is 0.214 e. The second-order valence-corrected chi connectivity index (χ2v) is 6.87. The first-order valence-electron chi connectivity index (χ1n) is 8.04. The molecule has 0 saturated carbocycles. The zero-order valence-corrected chi connectivity index (χ0v) is 14.5. The minimum absolute atomic E-state index is 0.687. The van der Waals surface area contributed by atoms with Crippen LogP contribution < -0.4 is 4.74 Å². The maximum absolute atomic E-state index is 5.41. The molecule has 1 aliphatic heterocycles. The van der Waals surface area contributed by atoms with Gasteiger partial charge in [-0.15, -0.1) is 5.10 Å². The number of hydrogen-bond donors (Lipinski definition) is 0. The second-order valence-electron chi connectivity index (χ2n) is 5.81. The fourth-order valence-electron chi connectivity index (χ4n) is 3.02. The van der Waals surface area contributed by atoms with Crippen LogP contribution in [0.25, 0.3) is 5.69 Å². The Bertz CT molecular complexity index is 632. The highest BCUT2D eigenvalue weighted by Gasteiger charge is 2.19. The van der Waals surface area contributed by atoms with E-state index >= 15 is 0 Å². The summed E-state index contributed by atoms with van der Waals surface area (Å²) in [6.07, 6.45) is 5.14. The fraction of sp³-hybridized carbons (Fsp3) is 0.562. The number of thioether (sulfide) groups is 1. The Hall–Kier alpha value is -1.60. The van der Waals surface area contributed by atoms with Crippen LogP contribution in [-0.4, -0.2) is 57.6 Å². The van der Waals surface area contributed by atoms with Gasteiger partial charge in [-0.2, -0.15) is 4.68 Å². The topological polar surface area (TPSA) is 56.1 Å². The molecule has 0 bridgehead atoms. The lowest BCUT2D eigenvalue weighted by molar-refractivity contribution is 0.182. The van der Waals surface area contributed by atoms with Gasteiger partial charge in [-0.3, -0.25) is 0 Å². The Kier molecular flexibility index (Phi) is 5.51. The third kappa shape index (κ3) is 3.84. The molecule has 0 radical (unpaired) electrons. The molecule has 1 saturated heterocycles. The van der Waals surface area contributed by atoms with Gasteiger partial charge >= 0.3 is 0 Å². The van der Waals surface area contributed by atoms with E-state index in [2.05, 4.69) is 27.5 Å². The first-order valence-corrected chi connectivity index (χ1v) is 9.03. The molecule has 1 atom stereocenters. The average molecular weight is 333 g/mol. The van der Waals surface area contributed by atoms with Crippen molar-refractivity contribution in [2.45, 2.75) is 36.9 Å². The monoisotopic (exact) mass is 333 g/mol. The number of para-hydroxylation sites is 2. The number of methoxy groups -OCH3 is 1. The van der Waals surface area contributed by atoms with Crippen molar-refractivity contribution in [3.05, 3.63) is 24.3 Å². The average Bonchev–Trinajstić information content (AvgIpc) is 3.05. The molecule has 7 heteroatoms. The number of hydrogen-bond acceptors (Lipinski definition) is 6. The Morgan fingerprint density at radius 2 is 2.17 bits per heavy atom. The highest BCUT2D eigenvalue weighted by molar-refractivity contribution is 7.99. The highest BCUT2D eigenvalue weighted by atomic mass is 32.2. The number of piperidine rings is 1. The molecular weight excluding hydrogens is 310 g/mol. The minimum Gasteiger partial charge on any atom is -0.494 e. The van der Waals surface area contributed by atoms with Crippen LogP contribution in [0.5, 0.6) is 5.75 Å². The molecule has 0 spiro atoms. The van der Waals surface area contributed by atoms with E-state index < -0.39 is 0 Å². The fourth-order valence-corrected chi connectivity index (χ4v) is 3.94. The summed E-state index contributed by atoms with van der Waals surface area (Å²) in [4.78, 5) is 2.48. The van der Waals surface area contributed by atoms with Crippen molar-refractivity contribution in [3.8, 4) is 11.4 Å². The molecule has 1 unspecified atom stereocenters. The molecule has 2 heterocycles. The van der Waals surface area contributed by atoms with E-state index in [4.69, 9.17) is 4.74 Å².